The maximum Gasteiger partial charge on any atom is 0.278 e. The highest BCUT2D eigenvalue weighted by Gasteiger charge is 2.36. The number of alkyl halides is 3. The summed E-state index contributed by atoms with van der Waals surface area (Å²) in [7, 11) is 0. The highest BCUT2D eigenvalue weighted by atomic mass is 19.3. The monoisotopic (exact) mass is 509 g/mol. The maximum atomic E-state index is 15.5. The first-order valence-corrected chi connectivity index (χ1v) is 12.6. The van der Waals surface area contributed by atoms with Gasteiger partial charge in [0.05, 0.1) is 6.42 Å². The average molecular weight is 510 g/mol. The minimum atomic E-state index is -2.91. The van der Waals surface area contributed by atoms with Crippen molar-refractivity contribution in [1.29, 1.82) is 0 Å². The van der Waals surface area contributed by atoms with Crippen molar-refractivity contribution in [2.45, 2.75) is 82.8 Å². The second-order valence-corrected chi connectivity index (χ2v) is 10.1. The molecule has 0 saturated heterocycles. The number of hydrogen-bond acceptors (Lipinski definition) is 7. The summed E-state index contributed by atoms with van der Waals surface area (Å²) in [6, 6.07) is 3.48. The van der Waals surface area contributed by atoms with E-state index in [-0.39, 0.29) is 24.2 Å². The van der Waals surface area contributed by atoms with Gasteiger partial charge in [0.1, 0.15) is 5.67 Å². The van der Waals surface area contributed by atoms with Gasteiger partial charge in [-0.25, -0.2) is 18.2 Å². The molecule has 0 atom stereocenters. The van der Waals surface area contributed by atoms with E-state index in [1.807, 2.05) is 6.07 Å². The fraction of sp³-hybridized carbons (Fsp3) is 0.680. The number of carbonyl (C=O) groups is 1. The van der Waals surface area contributed by atoms with Crippen molar-refractivity contribution in [3.63, 3.8) is 0 Å². The minimum Gasteiger partial charge on any atom is -0.471 e. The number of pyridine rings is 1. The lowest BCUT2D eigenvalue weighted by Crippen LogP contribution is -2.43. The SMILES string of the molecule is Cc1nc(CC(=O)NC2CCC(F)(CCN3CCc4ccc(OCC(C)(F)F)nc4CC3)CC2)no1. The summed E-state index contributed by atoms with van der Waals surface area (Å²) in [6.07, 6.45) is 3.97. The van der Waals surface area contributed by atoms with Crippen LogP contribution in [0.2, 0.25) is 0 Å². The van der Waals surface area contributed by atoms with E-state index in [0.717, 1.165) is 37.7 Å². The number of aryl methyl sites for hydroxylation is 1. The molecule has 0 spiro atoms. The van der Waals surface area contributed by atoms with E-state index in [0.29, 0.717) is 56.8 Å². The van der Waals surface area contributed by atoms with Crippen LogP contribution in [0.1, 0.15) is 62.0 Å². The summed E-state index contributed by atoms with van der Waals surface area (Å²) in [5.74, 6) is -2.11. The minimum absolute atomic E-state index is 0.0443. The highest BCUT2D eigenvalue weighted by molar-refractivity contribution is 5.78. The fourth-order valence-electron chi connectivity index (χ4n) is 4.84. The lowest BCUT2D eigenvalue weighted by Gasteiger charge is -2.35. The number of carbonyl (C=O) groups excluding carboxylic acids is 1. The number of aromatic nitrogens is 3. The van der Waals surface area contributed by atoms with E-state index >= 15 is 4.39 Å². The molecular formula is C25H34F3N5O3. The number of nitrogens with zero attached hydrogens (tertiary/aromatic N) is 4. The summed E-state index contributed by atoms with van der Waals surface area (Å²) >= 11 is 0. The van der Waals surface area contributed by atoms with Crippen LogP contribution in [0.15, 0.2) is 16.7 Å². The lowest BCUT2D eigenvalue weighted by molar-refractivity contribution is -0.121. The van der Waals surface area contributed by atoms with Gasteiger partial charge in [-0.05, 0) is 44.1 Å². The van der Waals surface area contributed by atoms with Gasteiger partial charge in [-0.2, -0.15) is 4.98 Å². The maximum absolute atomic E-state index is 15.5. The molecule has 1 aliphatic heterocycles. The predicted octanol–water partition coefficient (Wildman–Crippen LogP) is 3.61. The number of nitrogens with one attached hydrogen (secondary N) is 1. The third-order valence-corrected chi connectivity index (χ3v) is 6.89. The lowest BCUT2D eigenvalue weighted by atomic mass is 9.81. The molecule has 198 valence electrons. The van der Waals surface area contributed by atoms with Gasteiger partial charge in [0, 0.05) is 57.7 Å². The van der Waals surface area contributed by atoms with Gasteiger partial charge in [-0.3, -0.25) is 4.79 Å². The molecule has 1 saturated carbocycles. The normalized spacial score (nSPS) is 23.1. The first kappa shape index (κ1) is 26.4. The van der Waals surface area contributed by atoms with Crippen LogP contribution in [0.3, 0.4) is 0 Å². The Morgan fingerprint density at radius 1 is 1.25 bits per heavy atom. The molecule has 0 aromatic carbocycles. The Morgan fingerprint density at radius 3 is 2.69 bits per heavy atom. The van der Waals surface area contributed by atoms with E-state index in [4.69, 9.17) is 9.26 Å². The molecule has 8 nitrogen and oxygen atoms in total. The zero-order valence-corrected chi connectivity index (χ0v) is 20.9. The van der Waals surface area contributed by atoms with E-state index < -0.39 is 18.2 Å². The van der Waals surface area contributed by atoms with Crippen LogP contribution in [-0.2, 0) is 24.1 Å². The molecule has 2 aromatic rings. The van der Waals surface area contributed by atoms with Crippen LogP contribution in [0, 0.1) is 6.92 Å². The van der Waals surface area contributed by atoms with Crippen LogP contribution < -0.4 is 10.1 Å². The van der Waals surface area contributed by atoms with Gasteiger partial charge in [0.25, 0.3) is 5.92 Å². The number of amides is 1. The standard InChI is InChI=1S/C25H34F3N5O3/c1-17-29-21(32-36-17)15-22(34)30-19-5-9-25(28,10-6-19)11-14-33-12-7-18-3-4-23(31-20(18)8-13-33)35-16-24(2,26)27/h3-4,19H,5-16H2,1-2H3,(H,30,34). The Labute approximate surface area is 209 Å². The molecule has 36 heavy (non-hydrogen) atoms. The van der Waals surface area contributed by atoms with Gasteiger partial charge in [0.15, 0.2) is 12.4 Å². The smallest absolute Gasteiger partial charge is 0.278 e. The molecule has 0 radical (unpaired) electrons. The number of halogens is 3. The Kier molecular flexibility index (Phi) is 8.17. The highest BCUT2D eigenvalue weighted by Crippen LogP contribution is 2.35. The average Bonchev–Trinajstić information content (AvgIpc) is 3.11. The van der Waals surface area contributed by atoms with Gasteiger partial charge < -0.3 is 19.5 Å². The summed E-state index contributed by atoms with van der Waals surface area (Å²) in [6.45, 7) is 3.96. The fourth-order valence-corrected chi connectivity index (χ4v) is 4.84. The predicted molar refractivity (Wildman–Crippen MR) is 126 cm³/mol. The van der Waals surface area contributed by atoms with Gasteiger partial charge >= 0.3 is 0 Å². The molecule has 0 unspecified atom stereocenters. The topological polar surface area (TPSA) is 93.4 Å². The van der Waals surface area contributed by atoms with E-state index in [1.54, 1.807) is 13.0 Å². The summed E-state index contributed by atoms with van der Waals surface area (Å²) in [5, 5.41) is 6.70. The Hall–Kier alpha value is -2.69. The van der Waals surface area contributed by atoms with Crippen molar-refractivity contribution in [3.05, 3.63) is 35.1 Å². The van der Waals surface area contributed by atoms with Crippen LogP contribution >= 0.6 is 0 Å². The third kappa shape index (κ3) is 7.65. The van der Waals surface area contributed by atoms with Crippen LogP contribution in [0.5, 0.6) is 5.88 Å². The molecule has 2 aliphatic rings. The van der Waals surface area contributed by atoms with Crippen LogP contribution in [0.4, 0.5) is 13.2 Å². The quantitative estimate of drug-likeness (QED) is 0.552. The van der Waals surface area contributed by atoms with Gasteiger partial charge in [0.2, 0.25) is 17.7 Å². The molecule has 2 aromatic heterocycles. The molecule has 3 heterocycles. The third-order valence-electron chi connectivity index (χ3n) is 6.89. The molecule has 1 N–H and O–H groups in total. The molecular weight excluding hydrogens is 475 g/mol. The van der Waals surface area contributed by atoms with E-state index in [2.05, 4.69) is 25.3 Å². The molecule has 1 aliphatic carbocycles. The molecule has 1 fully saturated rings. The van der Waals surface area contributed by atoms with Crippen molar-refractivity contribution >= 4 is 5.91 Å². The number of rotatable bonds is 9. The van der Waals surface area contributed by atoms with Crippen molar-refractivity contribution in [2.75, 3.05) is 26.2 Å². The summed E-state index contributed by atoms with van der Waals surface area (Å²) < 4.78 is 51.7. The molecule has 4 rings (SSSR count). The summed E-state index contributed by atoms with van der Waals surface area (Å²) in [4.78, 5) is 22.9. The van der Waals surface area contributed by atoms with Crippen molar-refractivity contribution in [2.24, 2.45) is 0 Å². The Balaban J connectivity index is 1.19. The number of hydrogen-bond donors (Lipinski definition) is 1. The largest absolute Gasteiger partial charge is 0.471 e. The van der Waals surface area contributed by atoms with Crippen molar-refractivity contribution < 1.29 is 27.2 Å². The zero-order chi connectivity index (χ0) is 25.8. The molecule has 11 heteroatoms. The zero-order valence-electron chi connectivity index (χ0n) is 20.9. The van der Waals surface area contributed by atoms with Gasteiger partial charge in [-0.15, -0.1) is 0 Å². The summed E-state index contributed by atoms with van der Waals surface area (Å²) in [5.41, 5.74) is 0.697. The van der Waals surface area contributed by atoms with Crippen molar-refractivity contribution in [3.8, 4) is 5.88 Å². The van der Waals surface area contributed by atoms with E-state index in [1.165, 1.54) is 0 Å². The first-order valence-electron chi connectivity index (χ1n) is 12.6. The molecule has 0 bridgehead atoms. The Bertz CT molecular complexity index is 1030. The van der Waals surface area contributed by atoms with Crippen LogP contribution in [-0.4, -0.2) is 69.8 Å². The van der Waals surface area contributed by atoms with Crippen LogP contribution in [0.25, 0.3) is 0 Å². The Morgan fingerprint density at radius 2 is 2.00 bits per heavy atom. The number of ether oxygens (including phenoxy) is 1. The first-order chi connectivity index (χ1) is 17.1. The number of fused-ring (bicyclic) bond motifs is 1. The second-order valence-electron chi connectivity index (χ2n) is 10.1. The van der Waals surface area contributed by atoms with E-state index in [9.17, 15) is 13.6 Å². The van der Waals surface area contributed by atoms with Crippen molar-refractivity contribution in [1.82, 2.24) is 25.3 Å². The second kappa shape index (κ2) is 11.1. The van der Waals surface area contributed by atoms with Gasteiger partial charge in [-0.1, -0.05) is 11.2 Å². The molecule has 1 amide bonds.